The van der Waals surface area contributed by atoms with Gasteiger partial charge in [-0.15, -0.1) is 0 Å². The minimum absolute atomic E-state index is 0.0424. The molecule has 5 nitrogen and oxygen atoms in total. The minimum Gasteiger partial charge on any atom is -0.494 e. The lowest BCUT2D eigenvalue weighted by atomic mass is 10.0. The van der Waals surface area contributed by atoms with E-state index in [9.17, 15) is 4.79 Å². The van der Waals surface area contributed by atoms with Gasteiger partial charge in [-0.1, -0.05) is 24.4 Å². The normalized spacial score (nSPS) is 12.2. The van der Waals surface area contributed by atoms with Crippen molar-refractivity contribution in [3.8, 4) is 5.75 Å². The third-order valence-corrected chi connectivity index (χ3v) is 3.10. The minimum atomic E-state index is -0.846. The summed E-state index contributed by atoms with van der Waals surface area (Å²) in [4.78, 5) is 12.8. The van der Waals surface area contributed by atoms with E-state index in [-0.39, 0.29) is 12.5 Å². The predicted octanol–water partition coefficient (Wildman–Crippen LogP) is 1.82. The van der Waals surface area contributed by atoms with Crippen LogP contribution < -0.4 is 10.5 Å². The Morgan fingerprint density at radius 2 is 2.25 bits per heavy atom. The molecule has 0 saturated heterocycles. The fraction of sp³-hybridized carbons (Fsp3) is 0.429. The molecule has 0 aliphatic rings. The van der Waals surface area contributed by atoms with Crippen LogP contribution in [0.1, 0.15) is 24.9 Å². The Morgan fingerprint density at radius 3 is 2.80 bits per heavy atom. The average molecular weight is 296 g/mol. The SMILES string of the molecule is CCOc1cccc(C(C(N)=S)N(C)CCC(=O)O)c1. The second kappa shape index (κ2) is 7.81. The van der Waals surface area contributed by atoms with Crippen molar-refractivity contribution in [3.05, 3.63) is 29.8 Å². The molecular weight excluding hydrogens is 276 g/mol. The summed E-state index contributed by atoms with van der Waals surface area (Å²) in [6.07, 6.45) is 0.0424. The Hall–Kier alpha value is -1.66. The number of carboxylic acid groups (broad SMARTS) is 1. The van der Waals surface area contributed by atoms with E-state index < -0.39 is 5.97 Å². The van der Waals surface area contributed by atoms with Crippen molar-refractivity contribution in [2.24, 2.45) is 5.73 Å². The van der Waals surface area contributed by atoms with Gasteiger partial charge >= 0.3 is 5.97 Å². The van der Waals surface area contributed by atoms with Crippen molar-refractivity contribution < 1.29 is 14.6 Å². The molecule has 1 atom stereocenters. The molecule has 0 bridgehead atoms. The molecule has 1 aromatic rings. The lowest BCUT2D eigenvalue weighted by Crippen LogP contribution is -2.35. The summed E-state index contributed by atoms with van der Waals surface area (Å²) in [5.74, 6) is -0.0977. The molecule has 0 amide bonds. The van der Waals surface area contributed by atoms with E-state index in [1.54, 1.807) is 7.05 Å². The zero-order chi connectivity index (χ0) is 15.1. The van der Waals surface area contributed by atoms with Crippen molar-refractivity contribution in [2.45, 2.75) is 19.4 Å². The second-order valence-corrected chi connectivity index (χ2v) is 4.91. The highest BCUT2D eigenvalue weighted by atomic mass is 32.1. The first-order valence-electron chi connectivity index (χ1n) is 6.39. The van der Waals surface area contributed by atoms with Gasteiger partial charge in [-0.05, 0) is 31.7 Å². The molecule has 110 valence electrons. The number of ether oxygens (including phenoxy) is 1. The molecule has 20 heavy (non-hydrogen) atoms. The van der Waals surface area contributed by atoms with Crippen molar-refractivity contribution in [2.75, 3.05) is 20.2 Å². The number of likely N-dealkylation sites (N-methyl/N-ethyl adjacent to an activating group) is 1. The monoisotopic (exact) mass is 296 g/mol. The zero-order valence-electron chi connectivity index (χ0n) is 11.7. The predicted molar refractivity (Wildman–Crippen MR) is 82.0 cm³/mol. The van der Waals surface area contributed by atoms with Crippen LogP contribution in [0.4, 0.5) is 0 Å². The highest BCUT2D eigenvalue weighted by Crippen LogP contribution is 2.24. The topological polar surface area (TPSA) is 75.8 Å². The first kappa shape index (κ1) is 16.4. The van der Waals surface area contributed by atoms with Crippen molar-refractivity contribution in [3.63, 3.8) is 0 Å². The third-order valence-electron chi connectivity index (χ3n) is 2.87. The largest absolute Gasteiger partial charge is 0.494 e. The summed E-state index contributed by atoms with van der Waals surface area (Å²) in [6.45, 7) is 2.86. The highest BCUT2D eigenvalue weighted by molar-refractivity contribution is 7.80. The lowest BCUT2D eigenvalue weighted by molar-refractivity contribution is -0.137. The first-order valence-corrected chi connectivity index (χ1v) is 6.80. The number of hydrogen-bond acceptors (Lipinski definition) is 4. The number of carboxylic acids is 1. The lowest BCUT2D eigenvalue weighted by Gasteiger charge is -2.27. The molecule has 0 saturated carbocycles. The van der Waals surface area contributed by atoms with Crippen LogP contribution in [0.5, 0.6) is 5.75 Å². The molecule has 3 N–H and O–H groups in total. The number of nitrogens with zero attached hydrogens (tertiary/aromatic N) is 1. The number of aliphatic carboxylic acids is 1. The van der Waals surface area contributed by atoms with Crippen LogP contribution in [-0.4, -0.2) is 41.2 Å². The number of thiocarbonyl (C=S) groups is 1. The smallest absolute Gasteiger partial charge is 0.304 e. The summed E-state index contributed by atoms with van der Waals surface area (Å²) in [5, 5.41) is 8.76. The van der Waals surface area contributed by atoms with Gasteiger partial charge < -0.3 is 15.6 Å². The Morgan fingerprint density at radius 1 is 1.55 bits per heavy atom. The summed E-state index contributed by atoms with van der Waals surface area (Å²) < 4.78 is 5.46. The van der Waals surface area contributed by atoms with Crippen LogP contribution in [0.15, 0.2) is 24.3 Å². The molecule has 0 spiro atoms. The molecule has 6 heteroatoms. The van der Waals surface area contributed by atoms with Gasteiger partial charge in [0.25, 0.3) is 0 Å². The summed E-state index contributed by atoms with van der Waals surface area (Å²) in [6, 6.07) is 7.22. The van der Waals surface area contributed by atoms with Gasteiger partial charge in [-0.3, -0.25) is 9.69 Å². The Kier molecular flexibility index (Phi) is 6.41. The van der Waals surface area contributed by atoms with Crippen LogP contribution >= 0.6 is 12.2 Å². The standard InChI is InChI=1S/C14H20N2O3S/c1-3-19-11-6-4-5-10(9-11)13(14(15)20)16(2)8-7-12(17)18/h4-6,9,13H,3,7-8H2,1-2H3,(H2,15,20)(H,17,18). The van der Waals surface area contributed by atoms with Crippen LogP contribution in [0.25, 0.3) is 0 Å². The van der Waals surface area contributed by atoms with Gasteiger partial charge in [-0.2, -0.15) is 0 Å². The number of benzene rings is 1. The van der Waals surface area contributed by atoms with Gasteiger partial charge in [0.1, 0.15) is 5.75 Å². The maximum atomic E-state index is 10.7. The quantitative estimate of drug-likeness (QED) is 0.713. The van der Waals surface area contributed by atoms with Gasteiger partial charge in [0.2, 0.25) is 0 Å². The number of carbonyl (C=O) groups is 1. The van der Waals surface area contributed by atoms with Crippen molar-refractivity contribution >= 4 is 23.2 Å². The van der Waals surface area contributed by atoms with Crippen molar-refractivity contribution in [1.82, 2.24) is 4.90 Å². The number of hydrogen-bond donors (Lipinski definition) is 2. The van der Waals surface area contributed by atoms with Gasteiger partial charge in [-0.25, -0.2) is 0 Å². The van der Waals surface area contributed by atoms with Crippen LogP contribution in [0.2, 0.25) is 0 Å². The molecule has 0 fully saturated rings. The van der Waals surface area contributed by atoms with E-state index in [2.05, 4.69) is 0 Å². The second-order valence-electron chi connectivity index (χ2n) is 4.43. The molecule has 1 rings (SSSR count). The van der Waals surface area contributed by atoms with Crippen LogP contribution in [0, 0.1) is 0 Å². The Balaban J connectivity index is 2.92. The van der Waals surface area contributed by atoms with Crippen LogP contribution in [-0.2, 0) is 4.79 Å². The molecule has 0 aromatic heterocycles. The molecular formula is C14H20N2O3S. The maximum absolute atomic E-state index is 10.7. The van der Waals surface area contributed by atoms with Crippen molar-refractivity contribution in [1.29, 1.82) is 0 Å². The number of nitrogens with two attached hydrogens (primary N) is 1. The van der Waals surface area contributed by atoms with E-state index >= 15 is 0 Å². The molecule has 0 radical (unpaired) electrons. The van der Waals surface area contributed by atoms with E-state index in [1.165, 1.54) is 0 Å². The highest BCUT2D eigenvalue weighted by Gasteiger charge is 2.20. The summed E-state index contributed by atoms with van der Waals surface area (Å²) in [5.41, 5.74) is 6.70. The average Bonchev–Trinajstić information content (AvgIpc) is 2.37. The number of rotatable bonds is 8. The Bertz CT molecular complexity index is 479. The maximum Gasteiger partial charge on any atom is 0.304 e. The van der Waals surface area contributed by atoms with E-state index in [1.807, 2.05) is 36.1 Å². The van der Waals surface area contributed by atoms with Gasteiger partial charge in [0.15, 0.2) is 0 Å². The molecule has 0 aliphatic heterocycles. The molecule has 1 aromatic carbocycles. The summed E-state index contributed by atoms with van der Waals surface area (Å²) in [7, 11) is 1.81. The van der Waals surface area contributed by atoms with Crippen LogP contribution in [0.3, 0.4) is 0 Å². The van der Waals surface area contributed by atoms with Gasteiger partial charge in [0.05, 0.1) is 24.1 Å². The fourth-order valence-corrected chi connectivity index (χ4v) is 2.29. The van der Waals surface area contributed by atoms with E-state index in [0.29, 0.717) is 18.1 Å². The summed E-state index contributed by atoms with van der Waals surface area (Å²) >= 11 is 5.11. The molecule has 1 unspecified atom stereocenters. The molecule has 0 heterocycles. The zero-order valence-corrected chi connectivity index (χ0v) is 12.5. The molecule has 0 aliphatic carbocycles. The van der Waals surface area contributed by atoms with E-state index in [0.717, 1.165) is 11.3 Å². The van der Waals surface area contributed by atoms with E-state index in [4.69, 9.17) is 27.8 Å². The third kappa shape index (κ3) is 4.79. The first-order chi connectivity index (χ1) is 9.45. The Labute approximate surface area is 124 Å². The van der Waals surface area contributed by atoms with Gasteiger partial charge in [0, 0.05) is 6.54 Å². The fourth-order valence-electron chi connectivity index (χ4n) is 1.98.